The number of amides is 1. The molecule has 0 bridgehead atoms. The first-order chi connectivity index (χ1) is 9.65. The van der Waals surface area contributed by atoms with Crippen LogP contribution in [0.5, 0.6) is 5.75 Å². The van der Waals surface area contributed by atoms with Crippen LogP contribution in [0.3, 0.4) is 0 Å². The molecule has 2 rings (SSSR count). The van der Waals surface area contributed by atoms with E-state index in [4.69, 9.17) is 9.84 Å². The fourth-order valence-electron chi connectivity index (χ4n) is 2.30. The number of carbonyl (C=O) groups excluding carboxylic acids is 1. The monoisotopic (exact) mass is 342 g/mol. The fourth-order valence-corrected chi connectivity index (χ4v) is 2.84. The predicted molar refractivity (Wildman–Crippen MR) is 80.1 cm³/mol. The van der Waals surface area contributed by atoms with Gasteiger partial charge >= 0.3 is 0 Å². The molecule has 110 valence electrons. The molecule has 1 aliphatic heterocycles. The third-order valence-corrected chi connectivity index (χ3v) is 4.09. The Balaban J connectivity index is 2.00. The van der Waals surface area contributed by atoms with Crippen LogP contribution in [0.25, 0.3) is 0 Å². The van der Waals surface area contributed by atoms with E-state index in [0.29, 0.717) is 30.9 Å². The first-order valence-electron chi connectivity index (χ1n) is 6.61. The number of methoxy groups -OCH3 is 1. The van der Waals surface area contributed by atoms with E-state index in [-0.39, 0.29) is 12.5 Å². The summed E-state index contributed by atoms with van der Waals surface area (Å²) in [6, 6.07) is 5.37. The maximum Gasteiger partial charge on any atom is 0.253 e. The first-order valence-corrected chi connectivity index (χ1v) is 7.41. The Labute approximate surface area is 127 Å². The van der Waals surface area contributed by atoms with Crippen molar-refractivity contribution in [3.63, 3.8) is 0 Å². The average Bonchev–Trinajstić information content (AvgIpc) is 2.47. The summed E-state index contributed by atoms with van der Waals surface area (Å²) >= 11 is 3.40. The molecule has 6 heteroatoms. The molecule has 0 spiro atoms. The van der Waals surface area contributed by atoms with E-state index >= 15 is 0 Å². The minimum absolute atomic E-state index is 0.0389. The third-order valence-electron chi connectivity index (χ3n) is 3.47. The van der Waals surface area contributed by atoms with Gasteiger partial charge in [0.05, 0.1) is 18.2 Å². The Hall–Kier alpha value is -1.11. The molecule has 0 aromatic heterocycles. The van der Waals surface area contributed by atoms with Crippen molar-refractivity contribution in [1.29, 1.82) is 0 Å². The second-order valence-corrected chi connectivity index (χ2v) is 5.56. The van der Waals surface area contributed by atoms with Gasteiger partial charge < -0.3 is 14.7 Å². The number of carbonyl (C=O) groups is 1. The van der Waals surface area contributed by atoms with E-state index < -0.39 is 0 Å². The summed E-state index contributed by atoms with van der Waals surface area (Å²) in [5.74, 6) is 0.756. The van der Waals surface area contributed by atoms with Crippen molar-refractivity contribution in [2.24, 2.45) is 0 Å². The lowest BCUT2D eigenvalue weighted by Crippen LogP contribution is -2.49. The lowest BCUT2D eigenvalue weighted by Gasteiger charge is -2.34. The zero-order valence-corrected chi connectivity index (χ0v) is 13.1. The zero-order valence-electron chi connectivity index (χ0n) is 11.5. The largest absolute Gasteiger partial charge is 0.496 e. The van der Waals surface area contributed by atoms with Crippen molar-refractivity contribution in [2.75, 3.05) is 46.4 Å². The predicted octanol–water partition coefficient (Wildman–Crippen LogP) is 1.21. The molecule has 1 aliphatic rings. The standard InChI is InChI=1S/C14H19BrN2O3/c1-20-13-3-2-11(10-12(13)15)14(19)17-6-4-16(5-7-17)8-9-18/h2-3,10,18H,4-9H2,1H3. The number of benzene rings is 1. The van der Waals surface area contributed by atoms with Gasteiger partial charge in [-0.3, -0.25) is 9.69 Å². The number of nitrogens with zero attached hydrogens (tertiary/aromatic N) is 2. The highest BCUT2D eigenvalue weighted by Gasteiger charge is 2.22. The quantitative estimate of drug-likeness (QED) is 0.893. The SMILES string of the molecule is COc1ccc(C(=O)N2CCN(CCO)CC2)cc1Br. The average molecular weight is 343 g/mol. The molecule has 1 heterocycles. The summed E-state index contributed by atoms with van der Waals surface area (Å²) in [6.07, 6.45) is 0. The summed E-state index contributed by atoms with van der Waals surface area (Å²) in [4.78, 5) is 16.4. The molecule has 1 aromatic carbocycles. The highest BCUT2D eigenvalue weighted by atomic mass is 79.9. The summed E-state index contributed by atoms with van der Waals surface area (Å²) in [6.45, 7) is 3.85. The van der Waals surface area contributed by atoms with Crippen LogP contribution in [0.4, 0.5) is 0 Å². The number of rotatable bonds is 4. The molecule has 20 heavy (non-hydrogen) atoms. The van der Waals surface area contributed by atoms with Crippen molar-refractivity contribution in [1.82, 2.24) is 9.80 Å². The highest BCUT2D eigenvalue weighted by Crippen LogP contribution is 2.26. The lowest BCUT2D eigenvalue weighted by atomic mass is 10.1. The van der Waals surface area contributed by atoms with Gasteiger partial charge in [0.2, 0.25) is 0 Å². The van der Waals surface area contributed by atoms with E-state index in [2.05, 4.69) is 20.8 Å². The van der Waals surface area contributed by atoms with Gasteiger partial charge in [0, 0.05) is 38.3 Å². The van der Waals surface area contributed by atoms with Crippen LogP contribution < -0.4 is 4.74 Å². The van der Waals surface area contributed by atoms with E-state index in [1.165, 1.54) is 0 Å². The van der Waals surface area contributed by atoms with Gasteiger partial charge in [-0.1, -0.05) is 0 Å². The van der Waals surface area contributed by atoms with Gasteiger partial charge in [-0.25, -0.2) is 0 Å². The normalized spacial score (nSPS) is 16.2. The highest BCUT2D eigenvalue weighted by molar-refractivity contribution is 9.10. The van der Waals surface area contributed by atoms with Crippen LogP contribution in [0, 0.1) is 0 Å². The van der Waals surface area contributed by atoms with Crippen molar-refractivity contribution < 1.29 is 14.6 Å². The summed E-state index contributed by atoms with van der Waals surface area (Å²) < 4.78 is 5.95. The summed E-state index contributed by atoms with van der Waals surface area (Å²) in [5.41, 5.74) is 0.660. The Morgan fingerprint density at radius 3 is 2.60 bits per heavy atom. The topological polar surface area (TPSA) is 53.0 Å². The number of hydrogen-bond acceptors (Lipinski definition) is 4. The minimum Gasteiger partial charge on any atom is -0.496 e. The second-order valence-electron chi connectivity index (χ2n) is 4.71. The maximum atomic E-state index is 12.4. The molecule has 1 aromatic rings. The van der Waals surface area contributed by atoms with E-state index in [0.717, 1.165) is 17.6 Å². The second kappa shape index (κ2) is 7.06. The Bertz CT molecular complexity index is 473. The Morgan fingerprint density at radius 1 is 1.35 bits per heavy atom. The number of hydrogen-bond donors (Lipinski definition) is 1. The molecule has 0 radical (unpaired) electrons. The van der Waals surface area contributed by atoms with Gasteiger partial charge in [-0.2, -0.15) is 0 Å². The Morgan fingerprint density at radius 2 is 2.05 bits per heavy atom. The molecular weight excluding hydrogens is 324 g/mol. The molecule has 1 amide bonds. The number of β-amino-alcohol motifs (C(OH)–C–C–N with tert-alkyl or cyclic N) is 1. The molecule has 1 saturated heterocycles. The van der Waals surface area contributed by atoms with Gasteiger partial charge in [0.1, 0.15) is 5.75 Å². The first kappa shape index (κ1) is 15.3. The van der Waals surface area contributed by atoms with Crippen molar-refractivity contribution >= 4 is 21.8 Å². The zero-order chi connectivity index (χ0) is 14.5. The van der Waals surface area contributed by atoms with Gasteiger partial charge in [-0.05, 0) is 34.1 Å². The van der Waals surface area contributed by atoms with Crippen LogP contribution in [-0.4, -0.2) is 67.3 Å². The van der Waals surface area contributed by atoms with E-state index in [1.54, 1.807) is 25.3 Å². The van der Waals surface area contributed by atoms with Crippen LogP contribution >= 0.6 is 15.9 Å². The van der Waals surface area contributed by atoms with E-state index in [9.17, 15) is 4.79 Å². The third kappa shape index (κ3) is 3.50. The molecule has 5 nitrogen and oxygen atoms in total. The molecule has 1 N–H and O–H groups in total. The number of ether oxygens (including phenoxy) is 1. The molecule has 0 aliphatic carbocycles. The van der Waals surface area contributed by atoms with Crippen LogP contribution in [0.15, 0.2) is 22.7 Å². The number of halogens is 1. The van der Waals surface area contributed by atoms with E-state index in [1.807, 2.05) is 4.90 Å². The maximum absolute atomic E-state index is 12.4. The number of aliphatic hydroxyl groups is 1. The fraction of sp³-hybridized carbons (Fsp3) is 0.500. The van der Waals surface area contributed by atoms with Crippen LogP contribution in [-0.2, 0) is 0 Å². The summed E-state index contributed by atoms with van der Waals surface area (Å²) in [7, 11) is 1.60. The lowest BCUT2D eigenvalue weighted by molar-refractivity contribution is 0.0615. The van der Waals surface area contributed by atoms with Gasteiger partial charge in [0.25, 0.3) is 5.91 Å². The van der Waals surface area contributed by atoms with Crippen LogP contribution in [0.2, 0.25) is 0 Å². The van der Waals surface area contributed by atoms with Gasteiger partial charge in [-0.15, -0.1) is 0 Å². The smallest absolute Gasteiger partial charge is 0.253 e. The minimum atomic E-state index is 0.0389. The number of aliphatic hydroxyl groups excluding tert-OH is 1. The van der Waals surface area contributed by atoms with Gasteiger partial charge in [0.15, 0.2) is 0 Å². The van der Waals surface area contributed by atoms with Crippen molar-refractivity contribution in [2.45, 2.75) is 0 Å². The molecule has 0 atom stereocenters. The summed E-state index contributed by atoms with van der Waals surface area (Å²) in [5, 5.41) is 8.91. The van der Waals surface area contributed by atoms with Crippen molar-refractivity contribution in [3.05, 3.63) is 28.2 Å². The van der Waals surface area contributed by atoms with Crippen molar-refractivity contribution in [3.8, 4) is 5.75 Å². The molecule has 1 fully saturated rings. The molecular formula is C14H19BrN2O3. The van der Waals surface area contributed by atoms with Crippen LogP contribution in [0.1, 0.15) is 10.4 Å². The Kier molecular flexibility index (Phi) is 5.39. The molecule has 0 unspecified atom stereocenters. The number of piperazine rings is 1. The molecule has 0 saturated carbocycles.